The molecule has 1 atom stereocenters. The quantitative estimate of drug-likeness (QED) is 0.447. The second kappa shape index (κ2) is 8.43. The number of fused-ring (bicyclic) bond motifs is 3. The number of methoxy groups -OCH3 is 1. The summed E-state index contributed by atoms with van der Waals surface area (Å²) in [6.45, 7) is 4.62. The molecule has 3 heterocycles. The number of hydrogen-bond acceptors (Lipinski definition) is 4. The SMILES string of the molecule is COc1ccc(-c2c3c(=O)n(C)c(=O)n(C)c3c3n2C(C)(C)COC3C=Cc2ccccc2)cc1. The van der Waals surface area contributed by atoms with Crippen LogP contribution < -0.4 is 16.0 Å². The van der Waals surface area contributed by atoms with Gasteiger partial charge in [-0.3, -0.25) is 13.9 Å². The molecular weight excluding hydrogens is 442 g/mol. The average molecular weight is 472 g/mol. The zero-order valence-corrected chi connectivity index (χ0v) is 20.6. The van der Waals surface area contributed by atoms with E-state index in [1.54, 1.807) is 18.7 Å². The summed E-state index contributed by atoms with van der Waals surface area (Å²) in [4.78, 5) is 26.6. The van der Waals surface area contributed by atoms with Gasteiger partial charge in [0.15, 0.2) is 0 Å². The summed E-state index contributed by atoms with van der Waals surface area (Å²) in [5, 5.41) is 0.506. The van der Waals surface area contributed by atoms with Gasteiger partial charge in [0.05, 0.1) is 41.5 Å². The highest BCUT2D eigenvalue weighted by Gasteiger charge is 2.39. The topological polar surface area (TPSA) is 67.4 Å². The van der Waals surface area contributed by atoms with Crippen molar-refractivity contribution in [3.05, 3.63) is 92.8 Å². The van der Waals surface area contributed by atoms with Crippen molar-refractivity contribution < 1.29 is 9.47 Å². The molecule has 180 valence electrons. The van der Waals surface area contributed by atoms with Crippen LogP contribution in [-0.4, -0.2) is 27.4 Å². The Morgan fingerprint density at radius 1 is 1.00 bits per heavy atom. The molecule has 0 saturated carbocycles. The lowest BCUT2D eigenvalue weighted by molar-refractivity contribution is -0.00302. The number of rotatable bonds is 4. The molecule has 0 amide bonds. The molecule has 0 saturated heterocycles. The van der Waals surface area contributed by atoms with Gasteiger partial charge >= 0.3 is 5.69 Å². The van der Waals surface area contributed by atoms with Crippen molar-refractivity contribution in [2.75, 3.05) is 13.7 Å². The molecule has 35 heavy (non-hydrogen) atoms. The molecule has 0 bridgehead atoms. The third-order valence-corrected chi connectivity index (χ3v) is 6.73. The molecule has 0 fully saturated rings. The summed E-state index contributed by atoms with van der Waals surface area (Å²) >= 11 is 0. The third-order valence-electron chi connectivity index (χ3n) is 6.73. The van der Waals surface area contributed by atoms with Crippen LogP contribution in [0.1, 0.15) is 31.2 Å². The Balaban J connectivity index is 1.88. The average Bonchev–Trinajstić information content (AvgIpc) is 3.24. The minimum Gasteiger partial charge on any atom is -0.497 e. The van der Waals surface area contributed by atoms with Crippen molar-refractivity contribution >= 4 is 17.0 Å². The summed E-state index contributed by atoms with van der Waals surface area (Å²) in [6, 6.07) is 17.7. The minimum absolute atomic E-state index is 0.322. The van der Waals surface area contributed by atoms with Gasteiger partial charge in [-0.05, 0) is 55.3 Å². The van der Waals surface area contributed by atoms with Crippen molar-refractivity contribution in [1.82, 2.24) is 13.7 Å². The predicted molar refractivity (Wildman–Crippen MR) is 138 cm³/mol. The van der Waals surface area contributed by atoms with Gasteiger partial charge in [0.2, 0.25) is 0 Å². The van der Waals surface area contributed by atoms with Crippen LogP contribution in [-0.2, 0) is 24.4 Å². The fourth-order valence-electron chi connectivity index (χ4n) is 4.96. The first-order valence-electron chi connectivity index (χ1n) is 11.6. The summed E-state index contributed by atoms with van der Waals surface area (Å²) in [6.07, 6.45) is 3.57. The fourth-order valence-corrected chi connectivity index (χ4v) is 4.96. The number of benzene rings is 2. The third kappa shape index (κ3) is 3.63. The van der Waals surface area contributed by atoms with Gasteiger partial charge in [0.25, 0.3) is 5.56 Å². The Kier molecular flexibility index (Phi) is 5.52. The van der Waals surface area contributed by atoms with Crippen LogP contribution in [0.5, 0.6) is 5.75 Å². The van der Waals surface area contributed by atoms with Gasteiger partial charge in [-0.2, -0.15) is 0 Å². The second-order valence-corrected chi connectivity index (χ2v) is 9.54. The van der Waals surface area contributed by atoms with E-state index in [0.29, 0.717) is 17.5 Å². The minimum atomic E-state index is -0.457. The number of ether oxygens (including phenoxy) is 2. The van der Waals surface area contributed by atoms with Gasteiger partial charge in [-0.25, -0.2) is 4.79 Å². The highest BCUT2D eigenvalue weighted by Crippen LogP contribution is 2.44. The molecule has 1 aliphatic rings. The lowest BCUT2D eigenvalue weighted by Gasteiger charge is -2.38. The molecule has 0 aliphatic carbocycles. The van der Waals surface area contributed by atoms with Crippen LogP contribution in [0, 0.1) is 0 Å². The Morgan fingerprint density at radius 3 is 2.34 bits per heavy atom. The van der Waals surface area contributed by atoms with E-state index in [9.17, 15) is 9.59 Å². The molecular formula is C28H29N3O4. The first-order valence-corrected chi connectivity index (χ1v) is 11.6. The van der Waals surface area contributed by atoms with E-state index in [1.807, 2.05) is 66.7 Å². The summed E-state index contributed by atoms with van der Waals surface area (Å²) < 4.78 is 16.6. The van der Waals surface area contributed by atoms with Crippen molar-refractivity contribution in [2.45, 2.75) is 25.5 Å². The van der Waals surface area contributed by atoms with Gasteiger partial charge in [-0.1, -0.05) is 36.4 Å². The largest absolute Gasteiger partial charge is 0.497 e. The van der Waals surface area contributed by atoms with Crippen molar-refractivity contribution in [3.63, 3.8) is 0 Å². The molecule has 1 unspecified atom stereocenters. The maximum absolute atomic E-state index is 13.6. The summed E-state index contributed by atoms with van der Waals surface area (Å²) in [7, 11) is 4.86. The lowest BCUT2D eigenvalue weighted by Crippen LogP contribution is -2.39. The van der Waals surface area contributed by atoms with E-state index in [4.69, 9.17) is 9.47 Å². The predicted octanol–water partition coefficient (Wildman–Crippen LogP) is 4.23. The highest BCUT2D eigenvalue weighted by atomic mass is 16.5. The van der Waals surface area contributed by atoms with E-state index >= 15 is 0 Å². The second-order valence-electron chi connectivity index (χ2n) is 9.54. The normalized spacial score (nSPS) is 17.1. The maximum Gasteiger partial charge on any atom is 0.331 e. The molecule has 0 N–H and O–H groups in total. The number of aromatic nitrogens is 3. The van der Waals surface area contributed by atoms with Crippen LogP contribution in [0.15, 0.2) is 70.3 Å². The molecule has 4 aromatic rings. The first-order chi connectivity index (χ1) is 16.7. The van der Waals surface area contributed by atoms with Gasteiger partial charge in [0.1, 0.15) is 11.9 Å². The Hall–Kier alpha value is -3.84. The molecule has 2 aromatic carbocycles. The molecule has 0 radical (unpaired) electrons. The van der Waals surface area contributed by atoms with Crippen molar-refractivity contribution in [2.24, 2.45) is 14.1 Å². The molecule has 2 aromatic heterocycles. The van der Waals surface area contributed by atoms with Crippen LogP contribution in [0.3, 0.4) is 0 Å². The molecule has 0 spiro atoms. The Bertz CT molecular complexity index is 1550. The van der Waals surface area contributed by atoms with E-state index in [0.717, 1.165) is 28.3 Å². The zero-order chi connectivity index (χ0) is 24.9. The van der Waals surface area contributed by atoms with E-state index in [2.05, 4.69) is 18.4 Å². The monoisotopic (exact) mass is 471 g/mol. The first kappa shape index (κ1) is 22.9. The van der Waals surface area contributed by atoms with Crippen LogP contribution >= 0.6 is 0 Å². The van der Waals surface area contributed by atoms with E-state index < -0.39 is 11.6 Å². The van der Waals surface area contributed by atoms with E-state index in [-0.39, 0.29) is 11.2 Å². The van der Waals surface area contributed by atoms with Crippen LogP contribution in [0.25, 0.3) is 28.2 Å². The fraction of sp³-hybridized carbons (Fsp3) is 0.286. The molecule has 5 rings (SSSR count). The zero-order valence-electron chi connectivity index (χ0n) is 20.6. The molecule has 1 aliphatic heterocycles. The molecule has 7 nitrogen and oxygen atoms in total. The highest BCUT2D eigenvalue weighted by molar-refractivity contribution is 5.96. The lowest BCUT2D eigenvalue weighted by atomic mass is 10.0. The molecule has 7 heteroatoms. The Morgan fingerprint density at radius 2 is 1.69 bits per heavy atom. The van der Waals surface area contributed by atoms with Crippen LogP contribution in [0.2, 0.25) is 0 Å². The van der Waals surface area contributed by atoms with Crippen LogP contribution in [0.4, 0.5) is 0 Å². The van der Waals surface area contributed by atoms with Gasteiger partial charge < -0.3 is 14.0 Å². The van der Waals surface area contributed by atoms with Crippen molar-refractivity contribution in [3.8, 4) is 17.0 Å². The van der Waals surface area contributed by atoms with Gasteiger partial charge in [0, 0.05) is 14.1 Å². The maximum atomic E-state index is 13.6. The van der Waals surface area contributed by atoms with Crippen molar-refractivity contribution in [1.29, 1.82) is 0 Å². The standard InChI is InChI=1S/C28H29N3O4/c1-28(2)17-35-21(16-11-18-9-7-6-8-10-18)24-25-22(26(32)30(4)27(33)29(25)3)23(31(24)28)19-12-14-20(34-5)15-13-19/h6-16,21H,17H2,1-5H3. The summed E-state index contributed by atoms with van der Waals surface area (Å²) in [5.41, 5.74) is 2.94. The number of nitrogens with zero attached hydrogens (tertiary/aromatic N) is 3. The number of hydrogen-bond donors (Lipinski definition) is 0. The summed E-state index contributed by atoms with van der Waals surface area (Å²) in [5.74, 6) is 0.732. The van der Waals surface area contributed by atoms with E-state index in [1.165, 1.54) is 11.6 Å². The Labute approximate surface area is 203 Å². The smallest absolute Gasteiger partial charge is 0.331 e. The van der Waals surface area contributed by atoms with Gasteiger partial charge in [-0.15, -0.1) is 0 Å². The number of aryl methyl sites for hydroxylation is 1.